The zero-order chi connectivity index (χ0) is 17.5. The molecule has 0 fully saturated rings. The molecular weight excluding hydrogens is 512 g/mol. The molecule has 1 atom stereocenters. The first-order valence-corrected chi connectivity index (χ1v) is 10.2. The molecule has 1 aromatic rings. The second kappa shape index (κ2) is 11.2. The zero-order valence-electron chi connectivity index (χ0n) is 14.0. The van der Waals surface area contributed by atoms with E-state index in [1.807, 2.05) is 6.92 Å². The number of nitrogens with zero attached hydrogens (tertiary/aromatic N) is 1. The molecule has 1 unspecified atom stereocenters. The molecule has 0 aliphatic carbocycles. The van der Waals surface area contributed by atoms with E-state index in [1.165, 1.54) is 12.3 Å². The molecule has 1 rings (SSSR count). The number of guanidine groups is 1. The Hall–Kier alpha value is -0.420. The Morgan fingerprint density at radius 2 is 2.08 bits per heavy atom. The van der Waals surface area contributed by atoms with Gasteiger partial charge in [-0.05, 0) is 43.5 Å². The number of rotatable bonds is 7. The highest BCUT2D eigenvalue weighted by Crippen LogP contribution is 2.15. The Balaban J connectivity index is 0.00000529. The predicted molar refractivity (Wildman–Crippen MR) is 112 cm³/mol. The summed E-state index contributed by atoms with van der Waals surface area (Å²) in [6.45, 7) is 2.41. The van der Waals surface area contributed by atoms with Gasteiger partial charge in [-0.25, -0.2) is 12.8 Å². The van der Waals surface area contributed by atoms with Crippen LogP contribution in [0.25, 0.3) is 0 Å². The maximum absolute atomic E-state index is 13.6. The molecule has 0 aromatic heterocycles. The van der Waals surface area contributed by atoms with E-state index in [1.54, 1.807) is 19.2 Å². The smallest absolute Gasteiger partial charge is 0.191 e. The lowest BCUT2D eigenvalue weighted by Crippen LogP contribution is -2.43. The van der Waals surface area contributed by atoms with Crippen LogP contribution in [0.15, 0.2) is 27.7 Å². The summed E-state index contributed by atoms with van der Waals surface area (Å²) in [5, 5.41) is 6.22. The van der Waals surface area contributed by atoms with Gasteiger partial charge in [-0.1, -0.05) is 15.9 Å². The van der Waals surface area contributed by atoms with Gasteiger partial charge < -0.3 is 10.6 Å². The minimum Gasteiger partial charge on any atom is -0.356 e. The van der Waals surface area contributed by atoms with Crippen molar-refractivity contribution in [2.24, 2.45) is 4.99 Å². The van der Waals surface area contributed by atoms with Crippen LogP contribution >= 0.6 is 39.9 Å². The lowest BCUT2D eigenvalue weighted by Gasteiger charge is -2.17. The molecule has 138 valence electrons. The first-order chi connectivity index (χ1) is 10.7. The van der Waals surface area contributed by atoms with Gasteiger partial charge in [0.2, 0.25) is 0 Å². The normalized spacial score (nSPS) is 13.1. The van der Waals surface area contributed by atoms with Gasteiger partial charge in [0.25, 0.3) is 0 Å². The largest absolute Gasteiger partial charge is 0.356 e. The van der Waals surface area contributed by atoms with Crippen LogP contribution < -0.4 is 10.6 Å². The van der Waals surface area contributed by atoms with E-state index >= 15 is 0 Å². The van der Waals surface area contributed by atoms with Gasteiger partial charge in [0.05, 0.1) is 5.75 Å². The lowest BCUT2D eigenvalue weighted by atomic mass is 10.1. The van der Waals surface area contributed by atoms with Crippen LogP contribution in [0.3, 0.4) is 0 Å². The average molecular weight is 536 g/mol. The van der Waals surface area contributed by atoms with Crippen molar-refractivity contribution in [1.82, 2.24) is 10.6 Å². The lowest BCUT2D eigenvalue weighted by molar-refractivity contribution is 0.580. The van der Waals surface area contributed by atoms with Gasteiger partial charge in [0.1, 0.15) is 15.7 Å². The summed E-state index contributed by atoms with van der Waals surface area (Å²) in [4.78, 5) is 4.09. The van der Waals surface area contributed by atoms with Gasteiger partial charge in [0, 0.05) is 30.4 Å². The second-order valence-corrected chi connectivity index (χ2v) is 8.62. The maximum Gasteiger partial charge on any atom is 0.191 e. The number of halogens is 3. The fourth-order valence-corrected chi connectivity index (χ4v) is 3.13. The fourth-order valence-electron chi connectivity index (χ4n) is 1.94. The molecule has 0 saturated carbocycles. The topological polar surface area (TPSA) is 70.6 Å². The molecule has 0 amide bonds. The van der Waals surface area contributed by atoms with E-state index in [4.69, 9.17) is 0 Å². The molecule has 1 aromatic carbocycles. The van der Waals surface area contributed by atoms with E-state index in [9.17, 15) is 12.8 Å². The number of sulfone groups is 1. The number of aliphatic imine (C=N–C) groups is 1. The maximum atomic E-state index is 13.6. The quantitative estimate of drug-likeness (QED) is 0.320. The highest BCUT2D eigenvalue weighted by atomic mass is 127. The minimum absolute atomic E-state index is 0. The van der Waals surface area contributed by atoms with Gasteiger partial charge in [-0.2, -0.15) is 0 Å². The zero-order valence-corrected chi connectivity index (χ0v) is 18.7. The summed E-state index contributed by atoms with van der Waals surface area (Å²) in [6, 6.07) is 4.82. The first-order valence-electron chi connectivity index (χ1n) is 7.30. The van der Waals surface area contributed by atoms with Crippen LogP contribution in [-0.4, -0.2) is 46.0 Å². The Morgan fingerprint density at radius 1 is 1.42 bits per heavy atom. The van der Waals surface area contributed by atoms with Crippen molar-refractivity contribution in [3.8, 4) is 0 Å². The molecule has 0 aliphatic heterocycles. The van der Waals surface area contributed by atoms with Crippen molar-refractivity contribution in [2.75, 3.05) is 25.6 Å². The first kappa shape index (κ1) is 23.6. The molecule has 0 aliphatic rings. The molecule has 2 N–H and O–H groups in total. The van der Waals surface area contributed by atoms with Crippen molar-refractivity contribution >= 4 is 55.7 Å². The minimum atomic E-state index is -2.97. The van der Waals surface area contributed by atoms with Crippen LogP contribution in [0.4, 0.5) is 4.39 Å². The predicted octanol–water partition coefficient (Wildman–Crippen LogP) is 2.74. The van der Waals surface area contributed by atoms with E-state index in [2.05, 4.69) is 31.6 Å². The molecule has 9 heteroatoms. The molecule has 0 spiro atoms. The van der Waals surface area contributed by atoms with E-state index in [-0.39, 0.29) is 41.6 Å². The SMILES string of the molecule is CN=C(NCCc1cc(Br)ccc1F)NC(C)CCS(C)(=O)=O.I. The molecule has 0 bridgehead atoms. The Morgan fingerprint density at radius 3 is 2.67 bits per heavy atom. The van der Waals surface area contributed by atoms with Gasteiger partial charge in [-0.15, -0.1) is 24.0 Å². The Kier molecular flexibility index (Phi) is 11.0. The van der Waals surface area contributed by atoms with Crippen LogP contribution in [0.5, 0.6) is 0 Å². The van der Waals surface area contributed by atoms with Crippen molar-refractivity contribution in [3.63, 3.8) is 0 Å². The standard InChI is InChI=1S/C15H23BrFN3O2S.HI/c1-11(7-9-23(3,21)22)20-15(18-2)19-8-6-12-10-13(16)4-5-14(12)17;/h4-5,10-11H,6-9H2,1-3H3,(H2,18,19,20);1H. The average Bonchev–Trinajstić information content (AvgIpc) is 2.47. The third-order valence-corrected chi connectivity index (χ3v) is 4.69. The molecule has 5 nitrogen and oxygen atoms in total. The summed E-state index contributed by atoms with van der Waals surface area (Å²) in [5.41, 5.74) is 0.618. The second-order valence-electron chi connectivity index (χ2n) is 5.45. The van der Waals surface area contributed by atoms with Gasteiger partial charge >= 0.3 is 0 Å². The van der Waals surface area contributed by atoms with Gasteiger partial charge in [0.15, 0.2) is 5.96 Å². The molecule has 24 heavy (non-hydrogen) atoms. The third-order valence-electron chi connectivity index (χ3n) is 3.22. The Labute approximate surface area is 169 Å². The van der Waals surface area contributed by atoms with Crippen LogP contribution in [0.2, 0.25) is 0 Å². The van der Waals surface area contributed by atoms with Crippen LogP contribution in [-0.2, 0) is 16.3 Å². The number of hydrogen-bond donors (Lipinski definition) is 2. The molecule has 0 radical (unpaired) electrons. The van der Waals surface area contributed by atoms with E-state index in [0.717, 1.165) is 4.47 Å². The van der Waals surface area contributed by atoms with E-state index in [0.29, 0.717) is 30.9 Å². The Bertz CT molecular complexity index is 656. The third kappa shape index (κ3) is 9.77. The van der Waals surface area contributed by atoms with Crippen LogP contribution in [0.1, 0.15) is 18.9 Å². The van der Waals surface area contributed by atoms with Crippen molar-refractivity contribution in [1.29, 1.82) is 0 Å². The van der Waals surface area contributed by atoms with E-state index < -0.39 is 9.84 Å². The van der Waals surface area contributed by atoms with Crippen molar-refractivity contribution < 1.29 is 12.8 Å². The monoisotopic (exact) mass is 535 g/mol. The summed E-state index contributed by atoms with van der Waals surface area (Å²) in [6.07, 6.45) is 2.24. The number of benzene rings is 1. The van der Waals surface area contributed by atoms with Crippen molar-refractivity contribution in [2.45, 2.75) is 25.8 Å². The highest BCUT2D eigenvalue weighted by molar-refractivity contribution is 14.0. The fraction of sp³-hybridized carbons (Fsp3) is 0.533. The summed E-state index contributed by atoms with van der Waals surface area (Å²) >= 11 is 3.32. The summed E-state index contributed by atoms with van der Waals surface area (Å²) < 4.78 is 36.8. The van der Waals surface area contributed by atoms with Gasteiger partial charge in [-0.3, -0.25) is 4.99 Å². The van der Waals surface area contributed by atoms with Crippen molar-refractivity contribution in [3.05, 3.63) is 34.1 Å². The summed E-state index contributed by atoms with van der Waals surface area (Å²) in [5.74, 6) is 0.461. The van der Waals surface area contributed by atoms with Crippen LogP contribution in [0, 0.1) is 5.82 Å². The molecular formula is C15H24BrFIN3O2S. The molecule has 0 saturated heterocycles. The highest BCUT2D eigenvalue weighted by Gasteiger charge is 2.09. The summed E-state index contributed by atoms with van der Waals surface area (Å²) in [7, 11) is -1.33. The number of nitrogens with one attached hydrogen (secondary N) is 2. The molecule has 0 heterocycles. The number of hydrogen-bond acceptors (Lipinski definition) is 3.